The van der Waals surface area contributed by atoms with Crippen molar-refractivity contribution in [1.29, 1.82) is 0 Å². The van der Waals surface area contributed by atoms with E-state index in [1.54, 1.807) is 0 Å². The Kier molecular flexibility index (Phi) is 4.62. The largest absolute Gasteiger partial charge is 0.460 e. The Bertz CT molecular complexity index is 809. The average Bonchev–Trinajstić information content (AvgIpc) is 2.52. The van der Waals surface area contributed by atoms with Gasteiger partial charge in [-0.1, -0.05) is 30.3 Å². The summed E-state index contributed by atoms with van der Waals surface area (Å²) in [6, 6.07) is 6.17. The summed E-state index contributed by atoms with van der Waals surface area (Å²) in [5.74, 6) is -19.4. The monoisotopic (exact) mass is 389 g/mol. The summed E-state index contributed by atoms with van der Waals surface area (Å²) in [5, 5.41) is -0.554. The number of hydrogen-bond donors (Lipinski definition) is 0. The molecule has 0 fully saturated rings. The number of hydrogen-bond acceptors (Lipinski definition) is 1. The maximum atomic E-state index is 14.3. The molecule has 0 aliphatic rings. The molecule has 0 aliphatic heterocycles. The van der Waals surface area contributed by atoms with Gasteiger partial charge in [0.15, 0.2) is 0 Å². The lowest BCUT2D eigenvalue weighted by molar-refractivity contribution is -0.399. The topological polar surface area (TPSA) is 3.24 Å². The molecule has 0 unspecified atom stereocenters. The quantitative estimate of drug-likeness (QED) is 0.595. The van der Waals surface area contributed by atoms with E-state index in [0.717, 1.165) is 12.1 Å². The highest BCUT2D eigenvalue weighted by molar-refractivity contribution is 5.96. The first-order valence-electron chi connectivity index (χ1n) is 7.06. The predicted molar refractivity (Wildman–Crippen MR) is 78.1 cm³/mol. The zero-order chi connectivity index (χ0) is 20.1. The molecule has 2 aromatic rings. The Morgan fingerprint density at radius 2 is 1.15 bits per heavy atom. The van der Waals surface area contributed by atoms with Crippen LogP contribution < -0.4 is 4.90 Å². The van der Waals surface area contributed by atoms with Gasteiger partial charge in [0.25, 0.3) is 0 Å². The first-order valence-corrected chi connectivity index (χ1v) is 7.06. The van der Waals surface area contributed by atoms with E-state index in [9.17, 15) is 39.5 Å². The molecule has 0 saturated heterocycles. The van der Waals surface area contributed by atoms with Gasteiger partial charge in [-0.2, -0.15) is 39.5 Å². The molecule has 10 heteroatoms. The summed E-state index contributed by atoms with van der Waals surface area (Å²) in [5.41, 5.74) is -1.32. The number of benzene rings is 2. The SMILES string of the molecule is CN(C)c1ccc(C(F)(F)C(F)(F)C(F)(F)C(F)(F)F)c2ccccc12. The van der Waals surface area contributed by atoms with E-state index in [4.69, 9.17) is 0 Å². The molecule has 0 bridgehead atoms. The van der Waals surface area contributed by atoms with Crippen molar-refractivity contribution >= 4 is 16.5 Å². The fourth-order valence-electron chi connectivity index (χ4n) is 2.49. The van der Waals surface area contributed by atoms with Crippen LogP contribution >= 0.6 is 0 Å². The molecule has 0 radical (unpaired) electrons. The molecule has 2 aromatic carbocycles. The number of anilines is 1. The fraction of sp³-hybridized carbons (Fsp3) is 0.375. The lowest BCUT2D eigenvalue weighted by Crippen LogP contribution is -2.59. The van der Waals surface area contributed by atoms with Crippen LogP contribution in [0.3, 0.4) is 0 Å². The van der Waals surface area contributed by atoms with Crippen LogP contribution in [-0.2, 0) is 5.92 Å². The Balaban J connectivity index is 2.76. The minimum atomic E-state index is -6.93. The molecule has 2 rings (SSSR count). The molecule has 0 N–H and O–H groups in total. The molecule has 0 aromatic heterocycles. The van der Waals surface area contributed by atoms with Gasteiger partial charge in [0.1, 0.15) is 0 Å². The number of rotatable bonds is 4. The van der Waals surface area contributed by atoms with Gasteiger partial charge >= 0.3 is 23.9 Å². The molecular weight excluding hydrogens is 377 g/mol. The van der Waals surface area contributed by atoms with Gasteiger partial charge in [-0.3, -0.25) is 0 Å². The summed E-state index contributed by atoms with van der Waals surface area (Å²) in [7, 11) is 3.04. The summed E-state index contributed by atoms with van der Waals surface area (Å²) in [4.78, 5) is 1.45. The Labute approximate surface area is 142 Å². The highest BCUT2D eigenvalue weighted by Crippen LogP contribution is 2.57. The van der Waals surface area contributed by atoms with Crippen molar-refractivity contribution in [2.45, 2.75) is 23.9 Å². The first-order chi connectivity index (χ1) is 11.7. The van der Waals surface area contributed by atoms with E-state index in [1.807, 2.05) is 0 Å². The highest BCUT2D eigenvalue weighted by Gasteiger charge is 2.82. The van der Waals surface area contributed by atoms with Crippen molar-refractivity contribution < 1.29 is 39.5 Å². The number of alkyl halides is 9. The molecule has 0 saturated carbocycles. The Hall–Kier alpha value is -2.13. The van der Waals surface area contributed by atoms with E-state index < -0.39 is 34.9 Å². The molecule has 0 spiro atoms. The van der Waals surface area contributed by atoms with Gasteiger partial charge in [0.05, 0.1) is 0 Å². The van der Waals surface area contributed by atoms with Crippen LogP contribution in [0.5, 0.6) is 0 Å². The van der Waals surface area contributed by atoms with Gasteiger partial charge in [0.2, 0.25) is 0 Å². The fourth-order valence-corrected chi connectivity index (χ4v) is 2.49. The number of halogens is 9. The Morgan fingerprint density at radius 1 is 0.654 bits per heavy atom. The smallest absolute Gasteiger partial charge is 0.377 e. The van der Waals surface area contributed by atoms with Crippen LogP contribution in [-0.4, -0.2) is 32.1 Å². The summed E-state index contributed by atoms with van der Waals surface area (Å²) in [6.07, 6.45) is -6.85. The molecule has 0 heterocycles. The maximum absolute atomic E-state index is 14.3. The third kappa shape index (κ3) is 2.75. The van der Waals surface area contributed by atoms with Crippen LogP contribution in [0.15, 0.2) is 36.4 Å². The van der Waals surface area contributed by atoms with Crippen LogP contribution in [0.4, 0.5) is 45.2 Å². The van der Waals surface area contributed by atoms with E-state index in [2.05, 4.69) is 0 Å². The zero-order valence-electron chi connectivity index (χ0n) is 13.3. The van der Waals surface area contributed by atoms with Crippen LogP contribution in [0.25, 0.3) is 10.8 Å². The van der Waals surface area contributed by atoms with Crippen LogP contribution in [0, 0.1) is 0 Å². The van der Waals surface area contributed by atoms with Crippen molar-refractivity contribution in [3.8, 4) is 0 Å². The second-order valence-corrected chi connectivity index (χ2v) is 5.79. The second kappa shape index (κ2) is 5.95. The molecule has 0 atom stereocenters. The Morgan fingerprint density at radius 3 is 1.62 bits per heavy atom. The molecule has 144 valence electrons. The third-order valence-corrected chi connectivity index (χ3v) is 3.87. The lowest BCUT2D eigenvalue weighted by Gasteiger charge is -2.34. The molecule has 0 amide bonds. The van der Waals surface area contributed by atoms with Gasteiger partial charge < -0.3 is 4.90 Å². The standard InChI is InChI=1S/C16H12F9N/c1-26(2)12-8-7-11(9-5-3-4-6-10(9)12)13(17,18)14(19,20)15(21,22)16(23,24)25/h3-8H,1-2H3. The van der Waals surface area contributed by atoms with Gasteiger partial charge in [-0.15, -0.1) is 0 Å². The predicted octanol–water partition coefficient (Wildman–Crippen LogP) is 5.83. The highest BCUT2D eigenvalue weighted by atomic mass is 19.4. The normalized spacial score (nSPS) is 14.0. The third-order valence-electron chi connectivity index (χ3n) is 3.87. The number of fused-ring (bicyclic) bond motifs is 1. The minimum Gasteiger partial charge on any atom is -0.377 e. The van der Waals surface area contributed by atoms with E-state index in [-0.39, 0.29) is 5.39 Å². The molecule has 26 heavy (non-hydrogen) atoms. The van der Waals surface area contributed by atoms with Gasteiger partial charge in [-0.25, -0.2) is 0 Å². The summed E-state index contributed by atoms with van der Waals surface area (Å²) < 4.78 is 119. The van der Waals surface area contributed by atoms with Crippen molar-refractivity contribution in [3.05, 3.63) is 42.0 Å². The van der Waals surface area contributed by atoms with E-state index in [1.165, 1.54) is 37.2 Å². The van der Waals surface area contributed by atoms with Crippen molar-refractivity contribution in [1.82, 2.24) is 0 Å². The van der Waals surface area contributed by atoms with Crippen molar-refractivity contribution in [3.63, 3.8) is 0 Å². The second-order valence-electron chi connectivity index (χ2n) is 5.79. The van der Waals surface area contributed by atoms with Crippen molar-refractivity contribution in [2.24, 2.45) is 0 Å². The molecule has 1 nitrogen and oxygen atoms in total. The van der Waals surface area contributed by atoms with Crippen LogP contribution in [0.1, 0.15) is 5.56 Å². The van der Waals surface area contributed by atoms with Gasteiger partial charge in [-0.05, 0) is 11.5 Å². The van der Waals surface area contributed by atoms with Gasteiger partial charge in [0, 0.05) is 30.7 Å². The summed E-state index contributed by atoms with van der Waals surface area (Å²) in [6.45, 7) is 0. The first kappa shape index (κ1) is 20.2. The summed E-state index contributed by atoms with van der Waals surface area (Å²) >= 11 is 0. The average molecular weight is 389 g/mol. The lowest BCUT2D eigenvalue weighted by atomic mass is 9.91. The zero-order valence-corrected chi connectivity index (χ0v) is 13.3. The van der Waals surface area contributed by atoms with E-state index >= 15 is 0 Å². The minimum absolute atomic E-state index is 0.000741. The molecule has 0 aliphatic carbocycles. The number of nitrogens with zero attached hydrogens (tertiary/aromatic N) is 1. The van der Waals surface area contributed by atoms with Crippen LogP contribution in [0.2, 0.25) is 0 Å². The van der Waals surface area contributed by atoms with Crippen molar-refractivity contribution in [2.75, 3.05) is 19.0 Å². The van der Waals surface area contributed by atoms with E-state index in [0.29, 0.717) is 11.8 Å². The maximum Gasteiger partial charge on any atom is 0.460 e. The molecular formula is C16H12F9N.